The van der Waals surface area contributed by atoms with Crippen molar-refractivity contribution in [1.82, 2.24) is 4.57 Å². The van der Waals surface area contributed by atoms with Gasteiger partial charge >= 0.3 is 5.97 Å². The van der Waals surface area contributed by atoms with Gasteiger partial charge in [-0.2, -0.15) is 0 Å². The fourth-order valence-electron chi connectivity index (χ4n) is 4.64. The van der Waals surface area contributed by atoms with Gasteiger partial charge in [-0.3, -0.25) is 19.5 Å². The highest BCUT2D eigenvalue weighted by Gasteiger charge is 2.33. The maximum atomic E-state index is 13.7. The normalized spacial score (nSPS) is 15.1. The summed E-state index contributed by atoms with van der Waals surface area (Å²) in [5.41, 5.74) is 2.59. The summed E-state index contributed by atoms with van der Waals surface area (Å²) in [4.78, 5) is 42.6. The van der Waals surface area contributed by atoms with Crippen LogP contribution in [0.5, 0.6) is 0 Å². The molecule has 0 aliphatic carbocycles. The van der Waals surface area contributed by atoms with Crippen molar-refractivity contribution in [2.75, 3.05) is 6.61 Å². The van der Waals surface area contributed by atoms with Crippen molar-refractivity contribution < 1.29 is 23.3 Å². The van der Waals surface area contributed by atoms with Crippen molar-refractivity contribution in [2.45, 2.75) is 33.7 Å². The van der Waals surface area contributed by atoms with E-state index >= 15 is 0 Å². The van der Waals surface area contributed by atoms with E-state index in [1.54, 1.807) is 52.0 Å². The summed E-state index contributed by atoms with van der Waals surface area (Å²) >= 11 is 1.12. The van der Waals surface area contributed by atoms with Crippen LogP contribution < -0.4 is 14.9 Å². The van der Waals surface area contributed by atoms with E-state index in [4.69, 9.17) is 9.15 Å². The van der Waals surface area contributed by atoms with E-state index in [0.29, 0.717) is 43.2 Å². The highest BCUT2D eigenvalue weighted by atomic mass is 32.1. The molecule has 0 spiro atoms. The molecule has 0 saturated carbocycles. The molecule has 1 unspecified atom stereocenters. The summed E-state index contributed by atoms with van der Waals surface area (Å²) in [6.45, 7) is 6.98. The number of ether oxygens (including phenoxy) is 1. The maximum Gasteiger partial charge on any atom is 0.338 e. The number of carbonyl (C=O) groups excluding carboxylic acids is 1. The lowest BCUT2D eigenvalue weighted by Gasteiger charge is -2.24. The first kappa shape index (κ1) is 26.9. The summed E-state index contributed by atoms with van der Waals surface area (Å²) in [5, 5.41) is 11.5. The maximum absolute atomic E-state index is 13.7. The van der Waals surface area contributed by atoms with Crippen molar-refractivity contribution in [3.8, 4) is 11.3 Å². The van der Waals surface area contributed by atoms with Crippen LogP contribution >= 0.6 is 11.3 Å². The zero-order valence-electron chi connectivity index (χ0n) is 22.1. The lowest BCUT2D eigenvalue weighted by molar-refractivity contribution is -0.385. The predicted molar refractivity (Wildman–Crippen MR) is 147 cm³/mol. The largest absolute Gasteiger partial charge is 0.463 e. The number of carbonyl (C=O) groups is 1. The van der Waals surface area contributed by atoms with Crippen molar-refractivity contribution in [3.63, 3.8) is 0 Å². The number of halogens is 1. The van der Waals surface area contributed by atoms with Crippen molar-refractivity contribution in [3.05, 3.63) is 118 Å². The average molecular weight is 562 g/mol. The second kappa shape index (κ2) is 10.5. The number of allylic oxidation sites excluding steroid dienone is 1. The first-order valence-electron chi connectivity index (χ1n) is 12.4. The van der Waals surface area contributed by atoms with E-state index in [-0.39, 0.29) is 17.9 Å². The summed E-state index contributed by atoms with van der Waals surface area (Å²) in [5.74, 6) is -0.279. The van der Waals surface area contributed by atoms with Gasteiger partial charge in [0.15, 0.2) is 4.80 Å². The number of esters is 1. The molecule has 40 heavy (non-hydrogen) atoms. The van der Waals surface area contributed by atoms with Crippen molar-refractivity contribution >= 4 is 29.1 Å². The standard InChI is InChI=1S/C29H24FN3O6S/c1-5-38-28(35)25-17(4)31-29-32(26(25)18-6-8-20(30)9-7-18)27(34)24(40-29)14-21-10-11-23(39-21)19-12-15(2)16(3)22(13-19)33(36)37/h6-14,26H,5H2,1-4H3/b24-14-. The van der Waals surface area contributed by atoms with E-state index in [0.717, 1.165) is 16.9 Å². The Hall–Kier alpha value is -4.64. The number of hydrogen-bond acceptors (Lipinski definition) is 8. The molecular formula is C29H24FN3O6S. The molecule has 5 rings (SSSR count). The van der Waals surface area contributed by atoms with Crippen LogP contribution in [0.3, 0.4) is 0 Å². The Morgan fingerprint density at radius 3 is 2.60 bits per heavy atom. The second-order valence-corrected chi connectivity index (χ2v) is 10.3. The predicted octanol–water partition coefficient (Wildman–Crippen LogP) is 4.72. The minimum atomic E-state index is -0.860. The number of rotatable bonds is 6. The Morgan fingerprint density at radius 2 is 1.93 bits per heavy atom. The Morgan fingerprint density at radius 1 is 1.20 bits per heavy atom. The van der Waals surface area contributed by atoms with Crippen LogP contribution in [-0.2, 0) is 9.53 Å². The molecule has 2 aromatic heterocycles. The summed E-state index contributed by atoms with van der Waals surface area (Å²) in [6, 6.07) is 11.3. The molecule has 0 bridgehead atoms. The van der Waals surface area contributed by atoms with Gasteiger partial charge in [0, 0.05) is 23.3 Å². The van der Waals surface area contributed by atoms with Crippen LogP contribution in [0.25, 0.3) is 17.4 Å². The number of nitro benzene ring substituents is 1. The third-order valence-corrected chi connectivity index (χ3v) is 7.71. The number of aryl methyl sites for hydroxylation is 1. The molecule has 3 heterocycles. The third kappa shape index (κ3) is 4.79. The lowest BCUT2D eigenvalue weighted by Crippen LogP contribution is -2.39. The molecule has 0 saturated heterocycles. The quantitative estimate of drug-likeness (QED) is 0.191. The van der Waals surface area contributed by atoms with Crippen LogP contribution in [0, 0.1) is 29.8 Å². The highest BCUT2D eigenvalue weighted by Crippen LogP contribution is 2.32. The van der Waals surface area contributed by atoms with E-state index in [1.807, 2.05) is 0 Å². The van der Waals surface area contributed by atoms with Crippen molar-refractivity contribution in [2.24, 2.45) is 4.99 Å². The molecule has 204 valence electrons. The van der Waals surface area contributed by atoms with Gasteiger partial charge in [0.05, 0.1) is 33.4 Å². The number of nitro groups is 1. The summed E-state index contributed by atoms with van der Waals surface area (Å²) in [6.07, 6.45) is 1.56. The summed E-state index contributed by atoms with van der Waals surface area (Å²) in [7, 11) is 0. The highest BCUT2D eigenvalue weighted by molar-refractivity contribution is 7.07. The van der Waals surface area contributed by atoms with Crippen LogP contribution in [0.15, 0.2) is 74.0 Å². The second-order valence-electron chi connectivity index (χ2n) is 9.25. The molecule has 2 aromatic carbocycles. The number of thiazole rings is 1. The van der Waals surface area contributed by atoms with E-state index < -0.39 is 28.3 Å². The Bertz CT molecular complexity index is 1880. The first-order chi connectivity index (χ1) is 19.1. The van der Waals surface area contributed by atoms with Gasteiger partial charge in [0.1, 0.15) is 17.3 Å². The minimum absolute atomic E-state index is 0.00479. The number of nitrogens with zero attached hydrogens (tertiary/aromatic N) is 3. The molecule has 1 atom stereocenters. The topological polar surface area (TPSA) is 117 Å². The number of furan rings is 1. The van der Waals surface area contributed by atoms with Crippen LogP contribution in [0.1, 0.15) is 42.3 Å². The molecule has 1 aliphatic rings. The van der Waals surface area contributed by atoms with E-state index in [9.17, 15) is 24.1 Å². The number of fused-ring (bicyclic) bond motifs is 1. The van der Waals surface area contributed by atoms with E-state index in [1.165, 1.54) is 34.9 Å². The number of aromatic nitrogens is 1. The minimum Gasteiger partial charge on any atom is -0.463 e. The van der Waals surface area contributed by atoms with Gasteiger partial charge in [-0.05, 0) is 69.2 Å². The van der Waals surface area contributed by atoms with Gasteiger partial charge in [0.25, 0.3) is 11.2 Å². The molecule has 0 amide bonds. The molecule has 1 aliphatic heterocycles. The number of hydrogen-bond donors (Lipinski definition) is 0. The monoisotopic (exact) mass is 561 g/mol. The van der Waals surface area contributed by atoms with Gasteiger partial charge in [-0.15, -0.1) is 0 Å². The SMILES string of the molecule is CCOC(=O)C1=C(C)N=c2s/c(=C\c3ccc(-c4cc(C)c(C)c([N+](=O)[O-])c4)o3)c(=O)n2C1c1ccc(F)cc1. The van der Waals surface area contributed by atoms with Crippen LogP contribution in [0.2, 0.25) is 0 Å². The zero-order valence-corrected chi connectivity index (χ0v) is 22.9. The first-order valence-corrected chi connectivity index (χ1v) is 13.2. The lowest BCUT2D eigenvalue weighted by atomic mass is 9.96. The molecular weight excluding hydrogens is 537 g/mol. The van der Waals surface area contributed by atoms with Gasteiger partial charge in [-0.1, -0.05) is 23.5 Å². The Labute approximate surface area is 231 Å². The fraction of sp³-hybridized carbons (Fsp3) is 0.207. The molecule has 0 N–H and O–H groups in total. The smallest absolute Gasteiger partial charge is 0.338 e. The van der Waals surface area contributed by atoms with Crippen molar-refractivity contribution in [1.29, 1.82) is 0 Å². The molecule has 4 aromatic rings. The van der Waals surface area contributed by atoms with E-state index in [2.05, 4.69) is 4.99 Å². The van der Waals surface area contributed by atoms with Gasteiger partial charge in [-0.25, -0.2) is 14.2 Å². The third-order valence-electron chi connectivity index (χ3n) is 6.72. The van der Waals surface area contributed by atoms with Gasteiger partial charge < -0.3 is 9.15 Å². The number of benzene rings is 2. The average Bonchev–Trinajstić information content (AvgIpc) is 3.49. The Balaban J connectivity index is 1.62. The molecule has 9 nitrogen and oxygen atoms in total. The fourth-order valence-corrected chi connectivity index (χ4v) is 5.67. The summed E-state index contributed by atoms with van der Waals surface area (Å²) < 4.78 is 26.6. The van der Waals surface area contributed by atoms with Crippen LogP contribution in [0.4, 0.5) is 10.1 Å². The zero-order chi connectivity index (χ0) is 28.7. The molecule has 11 heteroatoms. The molecule has 0 radical (unpaired) electrons. The molecule has 0 fully saturated rings. The van der Waals surface area contributed by atoms with Crippen LogP contribution in [-0.4, -0.2) is 22.1 Å². The van der Waals surface area contributed by atoms with Gasteiger partial charge in [0.2, 0.25) is 0 Å². The Kier molecular flexibility index (Phi) is 7.07.